The van der Waals surface area contributed by atoms with Crippen LogP contribution in [-0.2, 0) is 0 Å². The van der Waals surface area contributed by atoms with Crippen molar-refractivity contribution in [2.75, 3.05) is 0 Å². The predicted octanol–water partition coefficient (Wildman–Crippen LogP) is 2.53. The fraction of sp³-hybridized carbons (Fsp3) is 0.500. The summed E-state index contributed by atoms with van der Waals surface area (Å²) in [4.78, 5) is 2.61. The van der Waals surface area contributed by atoms with Gasteiger partial charge in [-0.1, -0.05) is 0 Å². The maximum absolute atomic E-state index is 4.35. The molecule has 1 aliphatic rings. The van der Waals surface area contributed by atoms with Gasteiger partial charge in [-0.2, -0.15) is 5.10 Å². The second-order valence-electron chi connectivity index (χ2n) is 3.51. The monoisotopic (exact) mass is 194 g/mol. The van der Waals surface area contributed by atoms with Gasteiger partial charge in [-0.3, -0.25) is 0 Å². The van der Waals surface area contributed by atoms with E-state index < -0.39 is 0 Å². The summed E-state index contributed by atoms with van der Waals surface area (Å²) in [5, 5.41) is 4.35. The number of nitrogens with zero attached hydrogens (tertiary/aromatic N) is 1. The van der Waals surface area contributed by atoms with E-state index in [1.807, 2.05) is 0 Å². The van der Waals surface area contributed by atoms with Crippen LogP contribution in [0, 0.1) is 6.92 Å². The molecule has 0 unspecified atom stereocenters. The summed E-state index contributed by atoms with van der Waals surface area (Å²) in [6.07, 6.45) is 2.56. The highest BCUT2D eigenvalue weighted by Crippen LogP contribution is 2.19. The average molecular weight is 194 g/mol. The fourth-order valence-corrected chi connectivity index (χ4v) is 1.90. The lowest BCUT2D eigenvalue weighted by molar-refractivity contribution is 0.737. The van der Waals surface area contributed by atoms with E-state index >= 15 is 0 Å². The number of hydrogen-bond acceptors (Lipinski definition) is 3. The van der Waals surface area contributed by atoms with E-state index in [0.29, 0.717) is 6.04 Å². The Balaban J connectivity index is 2.02. The van der Waals surface area contributed by atoms with E-state index in [9.17, 15) is 0 Å². The maximum atomic E-state index is 4.35. The lowest BCUT2D eigenvalue weighted by Gasteiger charge is -1.98. The van der Waals surface area contributed by atoms with E-state index in [2.05, 4.69) is 36.5 Å². The Hall–Kier alpha value is -0.830. The molecule has 1 heterocycles. The Morgan fingerprint density at radius 2 is 2.31 bits per heavy atom. The Bertz CT molecular complexity index is 323. The first-order valence-electron chi connectivity index (χ1n) is 4.62. The number of hydrazone groups is 1. The molecule has 1 N–H and O–H groups in total. The molecule has 0 bridgehead atoms. The van der Waals surface area contributed by atoms with Gasteiger partial charge in [-0.05, 0) is 38.8 Å². The van der Waals surface area contributed by atoms with E-state index in [-0.39, 0.29) is 0 Å². The molecule has 0 aliphatic heterocycles. The van der Waals surface area contributed by atoms with Crippen LogP contribution in [0.2, 0.25) is 0 Å². The van der Waals surface area contributed by atoms with Crippen LogP contribution in [0.3, 0.4) is 0 Å². The van der Waals surface area contributed by atoms with Gasteiger partial charge >= 0.3 is 0 Å². The van der Waals surface area contributed by atoms with Crippen LogP contribution in [-0.4, -0.2) is 11.8 Å². The van der Waals surface area contributed by atoms with E-state index in [1.165, 1.54) is 22.6 Å². The minimum absolute atomic E-state index is 0.649. The number of nitrogens with one attached hydrogen (secondary N) is 1. The third kappa shape index (κ3) is 2.31. The van der Waals surface area contributed by atoms with Gasteiger partial charge in [0.05, 0.1) is 10.6 Å². The Morgan fingerprint density at radius 1 is 1.54 bits per heavy atom. The van der Waals surface area contributed by atoms with Gasteiger partial charge in [-0.25, -0.2) is 0 Å². The molecule has 2 rings (SSSR count). The van der Waals surface area contributed by atoms with Crippen molar-refractivity contribution in [3.05, 3.63) is 21.9 Å². The number of rotatable bonds is 3. The van der Waals surface area contributed by atoms with Crippen LogP contribution in [0.1, 0.15) is 29.5 Å². The number of hydrogen-bond donors (Lipinski definition) is 1. The highest BCUT2D eigenvalue weighted by molar-refractivity contribution is 7.14. The predicted molar refractivity (Wildman–Crippen MR) is 57.4 cm³/mol. The van der Waals surface area contributed by atoms with Crippen LogP contribution in [0.5, 0.6) is 0 Å². The van der Waals surface area contributed by atoms with Crippen molar-refractivity contribution < 1.29 is 0 Å². The topological polar surface area (TPSA) is 24.4 Å². The smallest absolute Gasteiger partial charge is 0.0743 e. The summed E-state index contributed by atoms with van der Waals surface area (Å²) in [5.41, 5.74) is 4.26. The van der Waals surface area contributed by atoms with Crippen molar-refractivity contribution in [3.8, 4) is 0 Å². The Kier molecular flexibility index (Phi) is 2.36. The molecule has 1 aromatic rings. The van der Waals surface area contributed by atoms with Crippen LogP contribution in [0.15, 0.2) is 17.2 Å². The zero-order valence-electron chi connectivity index (χ0n) is 8.00. The standard InChI is InChI=1S/C10H14N2S/c1-7-3-6-10(13-7)8(2)11-12-9-4-5-9/h3,6,9,12H,4-5H2,1-2H3/b11-8-. The molecule has 1 aliphatic carbocycles. The number of aryl methyl sites for hydroxylation is 1. The molecule has 13 heavy (non-hydrogen) atoms. The summed E-state index contributed by atoms with van der Waals surface area (Å²) < 4.78 is 0. The van der Waals surface area contributed by atoms with Crippen LogP contribution in [0.25, 0.3) is 0 Å². The third-order valence-corrected chi connectivity index (χ3v) is 3.20. The molecule has 70 valence electrons. The van der Waals surface area contributed by atoms with Crippen LogP contribution < -0.4 is 5.43 Å². The van der Waals surface area contributed by atoms with E-state index in [0.717, 1.165) is 5.71 Å². The van der Waals surface area contributed by atoms with Crippen LogP contribution >= 0.6 is 11.3 Å². The first-order valence-corrected chi connectivity index (χ1v) is 5.44. The molecule has 3 heteroatoms. The zero-order chi connectivity index (χ0) is 9.26. The summed E-state index contributed by atoms with van der Waals surface area (Å²) in [6, 6.07) is 4.92. The van der Waals surface area contributed by atoms with Crippen LogP contribution in [0.4, 0.5) is 0 Å². The molecule has 0 radical (unpaired) electrons. The van der Waals surface area contributed by atoms with Gasteiger partial charge in [0.15, 0.2) is 0 Å². The molecule has 2 nitrogen and oxygen atoms in total. The van der Waals surface area contributed by atoms with Gasteiger partial charge < -0.3 is 5.43 Å². The second-order valence-corrected chi connectivity index (χ2v) is 4.80. The van der Waals surface area contributed by atoms with Crippen molar-refractivity contribution in [2.24, 2.45) is 5.10 Å². The lowest BCUT2D eigenvalue weighted by Crippen LogP contribution is -2.10. The molecule has 1 saturated carbocycles. The molecule has 0 spiro atoms. The minimum atomic E-state index is 0.649. The molecular formula is C10H14N2S. The summed E-state index contributed by atoms with van der Waals surface area (Å²) in [6.45, 7) is 4.18. The molecule has 0 aromatic carbocycles. The van der Waals surface area contributed by atoms with Gasteiger partial charge in [0, 0.05) is 10.9 Å². The highest BCUT2D eigenvalue weighted by Gasteiger charge is 2.20. The highest BCUT2D eigenvalue weighted by atomic mass is 32.1. The molecule has 0 saturated heterocycles. The quantitative estimate of drug-likeness (QED) is 0.580. The Morgan fingerprint density at radius 3 is 2.85 bits per heavy atom. The van der Waals surface area contributed by atoms with Crippen molar-refractivity contribution >= 4 is 17.0 Å². The maximum Gasteiger partial charge on any atom is 0.0743 e. The summed E-state index contributed by atoms with van der Waals surface area (Å²) in [5.74, 6) is 0. The average Bonchev–Trinajstić information content (AvgIpc) is 2.84. The molecule has 1 fully saturated rings. The van der Waals surface area contributed by atoms with Crippen molar-refractivity contribution in [2.45, 2.75) is 32.7 Å². The SMILES string of the molecule is C/C(=N/NC1CC1)c1ccc(C)s1. The first-order chi connectivity index (χ1) is 6.25. The largest absolute Gasteiger partial charge is 0.307 e. The van der Waals surface area contributed by atoms with E-state index in [4.69, 9.17) is 0 Å². The third-order valence-electron chi connectivity index (χ3n) is 2.09. The fourth-order valence-electron chi connectivity index (χ4n) is 1.08. The van der Waals surface area contributed by atoms with Gasteiger partial charge in [0.25, 0.3) is 0 Å². The van der Waals surface area contributed by atoms with E-state index in [1.54, 1.807) is 11.3 Å². The summed E-state index contributed by atoms with van der Waals surface area (Å²) in [7, 11) is 0. The number of thiophene rings is 1. The second kappa shape index (κ2) is 3.50. The Labute approximate surface area is 82.7 Å². The molecule has 1 aromatic heterocycles. The zero-order valence-corrected chi connectivity index (χ0v) is 8.82. The first kappa shape index (κ1) is 8.75. The van der Waals surface area contributed by atoms with Crippen molar-refractivity contribution in [1.29, 1.82) is 0 Å². The lowest BCUT2D eigenvalue weighted by atomic mass is 10.3. The summed E-state index contributed by atoms with van der Waals surface area (Å²) >= 11 is 1.80. The van der Waals surface area contributed by atoms with Crippen molar-refractivity contribution in [1.82, 2.24) is 5.43 Å². The van der Waals surface area contributed by atoms with Gasteiger partial charge in [-0.15, -0.1) is 11.3 Å². The molecular weight excluding hydrogens is 180 g/mol. The van der Waals surface area contributed by atoms with Crippen molar-refractivity contribution in [3.63, 3.8) is 0 Å². The molecule has 0 amide bonds. The van der Waals surface area contributed by atoms with Gasteiger partial charge in [0.2, 0.25) is 0 Å². The van der Waals surface area contributed by atoms with Gasteiger partial charge in [0.1, 0.15) is 0 Å². The minimum Gasteiger partial charge on any atom is -0.307 e. The molecule has 0 atom stereocenters. The normalized spacial score (nSPS) is 17.5.